The SMILES string of the molecule is Cc1ncsc1-c1ccc([C@H](C)NC(=O)[C@@H]2C[C@@H](O)CN2C(=O)[C@@H](NC(=O)CCCCCCCCC(=O)N2CCN(c3ccc(CN4CCCC(C)C4)cc3)CC2)C(C)(C)C)cc1. The molecule has 6 rings (SSSR count). The lowest BCUT2D eigenvalue weighted by atomic mass is 9.85. The summed E-state index contributed by atoms with van der Waals surface area (Å²) in [5.74, 6) is 0.150. The third kappa shape index (κ3) is 13.6. The van der Waals surface area contributed by atoms with Crippen LogP contribution in [0.25, 0.3) is 10.4 Å². The zero-order chi connectivity index (χ0) is 45.1. The maximum Gasteiger partial charge on any atom is 0.246 e. The van der Waals surface area contributed by atoms with Gasteiger partial charge < -0.3 is 30.4 Å². The van der Waals surface area contributed by atoms with Crippen LogP contribution in [0.15, 0.2) is 54.0 Å². The van der Waals surface area contributed by atoms with Crippen LogP contribution in [0.5, 0.6) is 0 Å². The minimum atomic E-state index is -0.851. The highest BCUT2D eigenvalue weighted by Gasteiger charge is 2.44. The lowest BCUT2D eigenvalue weighted by Crippen LogP contribution is -2.57. The number of benzene rings is 2. The van der Waals surface area contributed by atoms with E-state index >= 15 is 0 Å². The van der Waals surface area contributed by atoms with E-state index in [0.717, 1.165) is 92.4 Å². The third-order valence-electron chi connectivity index (χ3n) is 13.2. The maximum atomic E-state index is 14.1. The largest absolute Gasteiger partial charge is 0.391 e. The Hall–Kier alpha value is -4.33. The molecule has 0 saturated carbocycles. The van der Waals surface area contributed by atoms with Crippen molar-refractivity contribution in [1.29, 1.82) is 0 Å². The van der Waals surface area contributed by atoms with Gasteiger partial charge in [-0.3, -0.25) is 24.1 Å². The molecule has 0 bridgehead atoms. The molecule has 3 aromatic rings. The zero-order valence-corrected chi connectivity index (χ0v) is 39.6. The van der Waals surface area contributed by atoms with E-state index in [-0.39, 0.29) is 42.6 Å². The first-order valence-electron chi connectivity index (χ1n) is 23.6. The molecule has 3 aliphatic rings. The highest BCUT2D eigenvalue weighted by Crippen LogP contribution is 2.30. The second kappa shape index (κ2) is 22.5. The van der Waals surface area contributed by atoms with Crippen molar-refractivity contribution in [2.75, 3.05) is 50.7 Å². The Bertz CT molecular complexity index is 1960. The van der Waals surface area contributed by atoms with Crippen molar-refractivity contribution in [3.63, 3.8) is 0 Å². The van der Waals surface area contributed by atoms with Crippen LogP contribution in [0.2, 0.25) is 0 Å². The van der Waals surface area contributed by atoms with E-state index in [9.17, 15) is 24.3 Å². The van der Waals surface area contributed by atoms with Gasteiger partial charge >= 0.3 is 0 Å². The van der Waals surface area contributed by atoms with Crippen LogP contribution in [0.3, 0.4) is 0 Å². The molecule has 0 aliphatic carbocycles. The molecular formula is C50H73N7O5S. The van der Waals surface area contributed by atoms with Gasteiger partial charge in [-0.25, -0.2) is 4.98 Å². The first-order chi connectivity index (χ1) is 30.2. The maximum absolute atomic E-state index is 14.1. The van der Waals surface area contributed by atoms with Crippen LogP contribution >= 0.6 is 11.3 Å². The van der Waals surface area contributed by atoms with Gasteiger partial charge in [0.05, 0.1) is 28.2 Å². The molecule has 63 heavy (non-hydrogen) atoms. The number of nitrogens with zero attached hydrogens (tertiary/aromatic N) is 5. The number of aromatic nitrogens is 1. The lowest BCUT2D eigenvalue weighted by Gasteiger charge is -2.36. The first kappa shape index (κ1) is 48.1. The average molecular weight is 884 g/mol. The van der Waals surface area contributed by atoms with Crippen LogP contribution in [-0.2, 0) is 25.7 Å². The number of piperidine rings is 1. The van der Waals surface area contributed by atoms with E-state index in [1.165, 1.54) is 42.1 Å². The monoisotopic (exact) mass is 884 g/mol. The van der Waals surface area contributed by atoms with Gasteiger partial charge in [-0.1, -0.05) is 89.8 Å². The number of aryl methyl sites for hydroxylation is 1. The molecular weight excluding hydrogens is 811 g/mol. The van der Waals surface area contributed by atoms with Gasteiger partial charge in [0.2, 0.25) is 23.6 Å². The van der Waals surface area contributed by atoms with Gasteiger partial charge in [0.1, 0.15) is 12.1 Å². The van der Waals surface area contributed by atoms with Crippen molar-refractivity contribution >= 4 is 40.7 Å². The fraction of sp³-hybridized carbons (Fsp3) is 0.620. The molecule has 13 heteroatoms. The van der Waals surface area contributed by atoms with Crippen molar-refractivity contribution in [2.45, 2.75) is 143 Å². The van der Waals surface area contributed by atoms with Gasteiger partial charge in [0, 0.05) is 70.8 Å². The van der Waals surface area contributed by atoms with Crippen molar-refractivity contribution in [3.8, 4) is 10.4 Å². The van der Waals surface area contributed by atoms with Crippen molar-refractivity contribution in [3.05, 3.63) is 70.9 Å². The number of thiazole rings is 1. The number of hydrogen-bond acceptors (Lipinski definition) is 9. The molecule has 3 aliphatic heterocycles. The molecule has 4 heterocycles. The number of aliphatic hydroxyl groups excluding tert-OH is 1. The number of nitrogens with one attached hydrogen (secondary N) is 2. The van der Waals surface area contributed by atoms with Crippen molar-refractivity contribution in [1.82, 2.24) is 30.3 Å². The molecule has 0 radical (unpaired) electrons. The number of carbonyl (C=O) groups is 4. The molecule has 3 N–H and O–H groups in total. The summed E-state index contributed by atoms with van der Waals surface area (Å²) in [4.78, 5) is 67.8. The first-order valence-corrected chi connectivity index (χ1v) is 24.5. The number of rotatable bonds is 18. The van der Waals surface area contributed by atoms with E-state index in [1.807, 2.05) is 69.3 Å². The van der Waals surface area contributed by atoms with Gasteiger partial charge in [-0.2, -0.15) is 0 Å². The number of carbonyl (C=O) groups excluding carboxylic acids is 4. The number of hydrogen-bond donors (Lipinski definition) is 3. The Kier molecular flexibility index (Phi) is 17.2. The fourth-order valence-electron chi connectivity index (χ4n) is 9.39. The van der Waals surface area contributed by atoms with E-state index in [1.54, 1.807) is 11.3 Å². The standard InChI is InChI=1S/C50H73N7O5S/c1-35-14-13-25-54(31-35)32-38-17-23-41(24-18-38)55-26-28-56(29-27-55)45(60)16-12-10-8-7-9-11-15-44(59)53-47(50(4,5)6)49(62)57-33-42(58)30-43(57)48(61)52-36(2)39-19-21-40(22-20-39)46-37(3)51-34-63-46/h17-24,34-36,42-43,47,58H,7-16,25-33H2,1-6H3,(H,52,61)(H,53,59)/t35?,36-,42+,43-,47+/m0/s1. The van der Waals surface area contributed by atoms with Gasteiger partial charge in [0.25, 0.3) is 0 Å². The Balaban J connectivity index is 0.856. The Morgan fingerprint density at radius 2 is 1.52 bits per heavy atom. The Morgan fingerprint density at radius 3 is 2.16 bits per heavy atom. The molecule has 3 saturated heterocycles. The zero-order valence-electron chi connectivity index (χ0n) is 38.7. The molecule has 3 fully saturated rings. The number of piperazine rings is 1. The fourth-order valence-corrected chi connectivity index (χ4v) is 10.2. The minimum absolute atomic E-state index is 0.0343. The van der Waals surface area contributed by atoms with E-state index < -0.39 is 23.6 Å². The van der Waals surface area contributed by atoms with E-state index in [4.69, 9.17) is 0 Å². The summed E-state index contributed by atoms with van der Waals surface area (Å²) in [6.07, 6.45) is 8.26. The van der Waals surface area contributed by atoms with Crippen LogP contribution in [0.4, 0.5) is 5.69 Å². The number of β-amino-alcohol motifs (C(OH)–C–C–N with tert-alkyl or cyclic N) is 1. The predicted octanol–water partition coefficient (Wildman–Crippen LogP) is 7.49. The van der Waals surface area contributed by atoms with Gasteiger partial charge in [-0.05, 0) is 86.2 Å². The number of likely N-dealkylation sites (tertiary alicyclic amines) is 2. The van der Waals surface area contributed by atoms with Crippen LogP contribution in [0, 0.1) is 18.3 Å². The Labute approximate surface area is 380 Å². The summed E-state index contributed by atoms with van der Waals surface area (Å²) >= 11 is 1.59. The minimum Gasteiger partial charge on any atom is -0.391 e. The highest BCUT2D eigenvalue weighted by molar-refractivity contribution is 7.13. The smallest absolute Gasteiger partial charge is 0.246 e. The third-order valence-corrected chi connectivity index (χ3v) is 14.2. The number of anilines is 1. The van der Waals surface area contributed by atoms with E-state index in [2.05, 4.69) is 56.6 Å². The Morgan fingerprint density at radius 1 is 0.857 bits per heavy atom. The summed E-state index contributed by atoms with van der Waals surface area (Å²) < 4.78 is 0. The number of unbranched alkanes of at least 4 members (excludes halogenated alkanes) is 5. The summed E-state index contributed by atoms with van der Waals surface area (Å²) in [5.41, 5.74) is 6.80. The van der Waals surface area contributed by atoms with Gasteiger partial charge in [0.15, 0.2) is 0 Å². The topological polar surface area (TPSA) is 138 Å². The summed E-state index contributed by atoms with van der Waals surface area (Å²) in [5, 5.41) is 16.7. The molecule has 12 nitrogen and oxygen atoms in total. The lowest BCUT2D eigenvalue weighted by molar-refractivity contribution is -0.144. The van der Waals surface area contributed by atoms with Crippen LogP contribution in [0.1, 0.15) is 128 Å². The van der Waals surface area contributed by atoms with E-state index in [0.29, 0.717) is 19.3 Å². The molecule has 4 amide bonds. The second-order valence-corrected chi connectivity index (χ2v) is 20.4. The average Bonchev–Trinajstić information content (AvgIpc) is 3.88. The van der Waals surface area contributed by atoms with Crippen LogP contribution < -0.4 is 15.5 Å². The summed E-state index contributed by atoms with van der Waals surface area (Å²) in [6.45, 7) is 18.6. The predicted molar refractivity (Wildman–Crippen MR) is 252 cm³/mol. The molecule has 2 aromatic carbocycles. The normalized spacial score (nSPS) is 20.7. The quantitative estimate of drug-likeness (QED) is 0.112. The molecule has 0 spiro atoms. The molecule has 1 aromatic heterocycles. The number of amides is 4. The summed E-state index contributed by atoms with van der Waals surface area (Å²) in [7, 11) is 0. The number of aliphatic hydroxyl groups is 1. The van der Waals surface area contributed by atoms with Crippen LogP contribution in [-0.4, -0.2) is 112 Å². The van der Waals surface area contributed by atoms with Crippen molar-refractivity contribution < 1.29 is 24.3 Å². The summed E-state index contributed by atoms with van der Waals surface area (Å²) in [6, 6.07) is 15.0. The molecule has 344 valence electrons. The molecule has 1 unspecified atom stereocenters. The highest BCUT2D eigenvalue weighted by atomic mass is 32.1. The van der Waals surface area contributed by atoms with Gasteiger partial charge in [-0.15, -0.1) is 11.3 Å². The molecule has 5 atom stereocenters. The second-order valence-electron chi connectivity index (χ2n) is 19.5. The van der Waals surface area contributed by atoms with Crippen molar-refractivity contribution in [2.24, 2.45) is 11.3 Å².